The highest BCUT2D eigenvalue weighted by Crippen LogP contribution is 2.20. The van der Waals surface area contributed by atoms with E-state index >= 15 is 0 Å². The van der Waals surface area contributed by atoms with Gasteiger partial charge in [0.15, 0.2) is 6.61 Å². The molecule has 7 nitrogen and oxygen atoms in total. The summed E-state index contributed by atoms with van der Waals surface area (Å²) in [5, 5.41) is 5.97. The van der Waals surface area contributed by atoms with Gasteiger partial charge in [0.25, 0.3) is 5.91 Å². The van der Waals surface area contributed by atoms with Crippen LogP contribution in [0.25, 0.3) is 11.0 Å². The van der Waals surface area contributed by atoms with Crippen LogP contribution in [0.5, 0.6) is 5.75 Å². The highest BCUT2D eigenvalue weighted by Gasteiger charge is 2.09. The van der Waals surface area contributed by atoms with Gasteiger partial charge in [0.2, 0.25) is 5.91 Å². The molecule has 1 heterocycles. The van der Waals surface area contributed by atoms with Crippen molar-refractivity contribution in [3.8, 4) is 5.75 Å². The molecule has 0 saturated carbocycles. The van der Waals surface area contributed by atoms with Gasteiger partial charge < -0.3 is 19.8 Å². The highest BCUT2D eigenvalue weighted by molar-refractivity contribution is 9.10. The fraction of sp³-hybridized carbons (Fsp3) is 0.150. The average molecular weight is 445 g/mol. The molecule has 3 rings (SSSR count). The van der Waals surface area contributed by atoms with Crippen LogP contribution in [0.4, 0.5) is 5.69 Å². The number of hydrogen-bond donors (Lipinski definition) is 2. The quantitative estimate of drug-likeness (QED) is 0.569. The molecule has 0 aliphatic heterocycles. The second-order valence-corrected chi connectivity index (χ2v) is 6.94. The van der Waals surface area contributed by atoms with Crippen molar-refractivity contribution in [3.63, 3.8) is 0 Å². The lowest BCUT2D eigenvalue weighted by molar-refractivity contribution is -0.125. The second kappa shape index (κ2) is 8.71. The number of rotatable bonds is 6. The van der Waals surface area contributed by atoms with Crippen molar-refractivity contribution in [1.82, 2.24) is 5.32 Å². The number of nitrogens with one attached hydrogen (secondary N) is 2. The van der Waals surface area contributed by atoms with Gasteiger partial charge in [-0.1, -0.05) is 15.9 Å². The second-order valence-electron chi connectivity index (χ2n) is 6.03. The zero-order valence-electron chi connectivity index (χ0n) is 15.0. The van der Waals surface area contributed by atoms with E-state index in [4.69, 9.17) is 9.15 Å². The zero-order valence-corrected chi connectivity index (χ0v) is 16.5. The molecule has 28 heavy (non-hydrogen) atoms. The number of halogens is 1. The van der Waals surface area contributed by atoms with E-state index in [0.717, 1.165) is 15.4 Å². The number of amides is 2. The van der Waals surface area contributed by atoms with Crippen molar-refractivity contribution >= 4 is 44.4 Å². The van der Waals surface area contributed by atoms with Gasteiger partial charge in [-0.15, -0.1) is 0 Å². The minimum absolute atomic E-state index is 0.176. The molecule has 0 unspecified atom stereocenters. The van der Waals surface area contributed by atoms with E-state index in [9.17, 15) is 14.4 Å². The van der Waals surface area contributed by atoms with E-state index in [0.29, 0.717) is 17.0 Å². The van der Waals surface area contributed by atoms with Gasteiger partial charge in [0.05, 0.1) is 6.54 Å². The molecule has 0 aliphatic rings. The third kappa shape index (κ3) is 5.20. The molecule has 1 aromatic heterocycles. The van der Waals surface area contributed by atoms with Gasteiger partial charge in [-0.25, -0.2) is 4.79 Å². The molecular weight excluding hydrogens is 428 g/mol. The van der Waals surface area contributed by atoms with Crippen LogP contribution in [0, 0.1) is 6.92 Å². The molecule has 8 heteroatoms. The lowest BCUT2D eigenvalue weighted by Gasteiger charge is -2.10. The molecule has 0 spiro atoms. The van der Waals surface area contributed by atoms with Crippen LogP contribution >= 0.6 is 15.9 Å². The molecule has 3 aromatic rings. The molecule has 2 aromatic carbocycles. The summed E-state index contributed by atoms with van der Waals surface area (Å²) in [4.78, 5) is 35.2. The Morgan fingerprint density at radius 2 is 1.86 bits per heavy atom. The highest BCUT2D eigenvalue weighted by atomic mass is 79.9. The molecule has 2 amide bonds. The topological polar surface area (TPSA) is 97.6 Å². The maximum atomic E-state index is 12.0. The fourth-order valence-corrected chi connectivity index (χ4v) is 2.95. The Bertz CT molecular complexity index is 1090. The predicted octanol–water partition coefficient (Wildman–Crippen LogP) is 3.00. The van der Waals surface area contributed by atoms with Crippen LogP contribution in [-0.2, 0) is 9.59 Å². The van der Waals surface area contributed by atoms with Crippen LogP contribution in [0.15, 0.2) is 62.2 Å². The number of benzene rings is 2. The molecule has 0 atom stereocenters. The summed E-state index contributed by atoms with van der Waals surface area (Å²) in [6.07, 6.45) is 0. The minimum atomic E-state index is -0.464. The summed E-state index contributed by atoms with van der Waals surface area (Å²) in [6, 6.07) is 13.4. The Morgan fingerprint density at radius 1 is 1.07 bits per heavy atom. The lowest BCUT2D eigenvalue weighted by atomic mass is 10.2. The number of aryl methyl sites for hydroxylation is 1. The van der Waals surface area contributed by atoms with Crippen LogP contribution in [0.2, 0.25) is 0 Å². The van der Waals surface area contributed by atoms with E-state index in [2.05, 4.69) is 26.6 Å². The standard InChI is InChI=1S/C20H17BrN2O5/c1-12-8-14(21)4-6-16(12)23-18(24)10-22-19(25)11-27-15-5-2-13-3-7-20(26)28-17(13)9-15/h2-9H,10-11H2,1H3,(H,22,25)(H,23,24). The first kappa shape index (κ1) is 19.6. The van der Waals surface area contributed by atoms with Crippen molar-refractivity contribution in [2.75, 3.05) is 18.5 Å². The number of anilines is 1. The van der Waals surface area contributed by atoms with E-state index in [-0.39, 0.29) is 19.1 Å². The van der Waals surface area contributed by atoms with Gasteiger partial charge in [-0.3, -0.25) is 9.59 Å². The van der Waals surface area contributed by atoms with Crippen LogP contribution in [-0.4, -0.2) is 25.0 Å². The van der Waals surface area contributed by atoms with E-state index in [1.54, 1.807) is 24.3 Å². The molecule has 0 fully saturated rings. The van der Waals surface area contributed by atoms with Crippen LogP contribution in [0.1, 0.15) is 5.56 Å². The lowest BCUT2D eigenvalue weighted by Crippen LogP contribution is -2.35. The van der Waals surface area contributed by atoms with Gasteiger partial charge in [0, 0.05) is 27.7 Å². The molecule has 2 N–H and O–H groups in total. The predicted molar refractivity (Wildman–Crippen MR) is 108 cm³/mol. The Labute approximate surface area is 168 Å². The normalized spacial score (nSPS) is 10.5. The van der Waals surface area contributed by atoms with Gasteiger partial charge in [-0.2, -0.15) is 0 Å². The number of carbonyl (C=O) groups excluding carboxylic acids is 2. The summed E-state index contributed by atoms with van der Waals surface area (Å²) in [6.45, 7) is 1.43. The third-order valence-corrected chi connectivity index (χ3v) is 4.37. The summed E-state index contributed by atoms with van der Waals surface area (Å²) in [5.41, 5.74) is 1.49. The van der Waals surface area contributed by atoms with Crippen molar-refractivity contribution in [3.05, 3.63) is 69.0 Å². The van der Waals surface area contributed by atoms with Crippen LogP contribution in [0.3, 0.4) is 0 Å². The Morgan fingerprint density at radius 3 is 2.64 bits per heavy atom. The first-order chi connectivity index (χ1) is 13.4. The smallest absolute Gasteiger partial charge is 0.336 e. The molecule has 0 bridgehead atoms. The maximum absolute atomic E-state index is 12.0. The van der Waals surface area contributed by atoms with Gasteiger partial charge in [0.1, 0.15) is 11.3 Å². The Balaban J connectivity index is 1.49. The Kier molecular flexibility index (Phi) is 6.10. The number of carbonyl (C=O) groups is 2. The van der Waals surface area contributed by atoms with Gasteiger partial charge >= 0.3 is 5.63 Å². The number of fused-ring (bicyclic) bond motifs is 1. The molecule has 0 aliphatic carbocycles. The van der Waals surface area contributed by atoms with Crippen LogP contribution < -0.4 is 21.0 Å². The summed E-state index contributed by atoms with van der Waals surface area (Å²) in [5.74, 6) is -0.407. The van der Waals surface area contributed by atoms with E-state index in [1.807, 2.05) is 19.1 Å². The summed E-state index contributed by atoms with van der Waals surface area (Å²) in [7, 11) is 0. The maximum Gasteiger partial charge on any atom is 0.336 e. The first-order valence-corrected chi connectivity index (χ1v) is 9.19. The third-order valence-electron chi connectivity index (χ3n) is 3.87. The van der Waals surface area contributed by atoms with E-state index < -0.39 is 11.5 Å². The minimum Gasteiger partial charge on any atom is -0.484 e. The molecular formula is C20H17BrN2O5. The summed E-state index contributed by atoms with van der Waals surface area (Å²) < 4.78 is 11.4. The number of ether oxygens (including phenoxy) is 1. The molecule has 144 valence electrons. The van der Waals surface area contributed by atoms with Gasteiger partial charge in [-0.05, 0) is 48.9 Å². The average Bonchev–Trinajstić information content (AvgIpc) is 2.66. The largest absolute Gasteiger partial charge is 0.484 e. The molecule has 0 radical (unpaired) electrons. The Hall–Kier alpha value is -3.13. The van der Waals surface area contributed by atoms with Crippen molar-refractivity contribution < 1.29 is 18.7 Å². The summed E-state index contributed by atoms with van der Waals surface area (Å²) >= 11 is 3.36. The first-order valence-electron chi connectivity index (χ1n) is 8.40. The van der Waals surface area contributed by atoms with E-state index in [1.165, 1.54) is 12.1 Å². The van der Waals surface area contributed by atoms with Crippen molar-refractivity contribution in [2.45, 2.75) is 6.92 Å². The van der Waals surface area contributed by atoms with Crippen molar-refractivity contribution in [2.24, 2.45) is 0 Å². The fourth-order valence-electron chi connectivity index (χ4n) is 2.47. The monoisotopic (exact) mass is 444 g/mol. The van der Waals surface area contributed by atoms with Crippen molar-refractivity contribution in [1.29, 1.82) is 0 Å². The number of hydrogen-bond acceptors (Lipinski definition) is 5. The zero-order chi connectivity index (χ0) is 20.1. The molecule has 0 saturated heterocycles. The SMILES string of the molecule is Cc1cc(Br)ccc1NC(=O)CNC(=O)COc1ccc2ccc(=O)oc2c1.